The average molecular weight is 211 g/mol. The summed E-state index contributed by atoms with van der Waals surface area (Å²) in [6.07, 6.45) is 5.00. The molecule has 0 radical (unpaired) electrons. The summed E-state index contributed by atoms with van der Waals surface area (Å²) in [5.74, 6) is -0.170. The Bertz CT molecular complexity index is 255. The second-order valence-corrected chi connectivity index (χ2v) is 4.54. The molecule has 4 heteroatoms. The molecule has 0 N–H and O–H groups in total. The smallest absolute Gasteiger partial charge is 0.327 e. The predicted octanol–water partition coefficient (Wildman–Crippen LogP) is 0.951. The van der Waals surface area contributed by atoms with Crippen LogP contribution < -0.4 is 0 Å². The van der Waals surface area contributed by atoms with Crippen LogP contribution in [-0.4, -0.2) is 36.0 Å². The summed E-state index contributed by atoms with van der Waals surface area (Å²) in [5.41, 5.74) is 0. The van der Waals surface area contributed by atoms with E-state index in [2.05, 4.69) is 11.7 Å². The molecule has 1 aliphatic carbocycles. The molecule has 0 bridgehead atoms. The molecule has 1 aliphatic heterocycles. The molecule has 4 nitrogen and oxygen atoms in total. The lowest BCUT2D eigenvalue weighted by Crippen LogP contribution is -2.49. The molecule has 2 fully saturated rings. The first-order valence-electron chi connectivity index (χ1n) is 5.64. The van der Waals surface area contributed by atoms with Gasteiger partial charge in [0.2, 0.25) is 0 Å². The van der Waals surface area contributed by atoms with E-state index in [0.717, 1.165) is 0 Å². The first-order valence-corrected chi connectivity index (χ1v) is 5.64. The lowest BCUT2D eigenvalue weighted by molar-refractivity contribution is -0.168. The number of nitrogens with zero attached hydrogens (tertiary/aromatic N) is 1. The lowest BCUT2D eigenvalue weighted by atomic mass is 9.98. The van der Waals surface area contributed by atoms with Crippen molar-refractivity contribution in [2.75, 3.05) is 13.1 Å². The van der Waals surface area contributed by atoms with E-state index in [1.807, 2.05) is 4.90 Å². The third-order valence-corrected chi connectivity index (χ3v) is 3.55. The van der Waals surface area contributed by atoms with E-state index < -0.39 is 11.9 Å². The fourth-order valence-electron chi connectivity index (χ4n) is 2.60. The summed E-state index contributed by atoms with van der Waals surface area (Å²) in [5, 5.41) is 0. The van der Waals surface area contributed by atoms with Crippen LogP contribution in [0.25, 0.3) is 0 Å². The normalized spacial score (nSPS) is 26.7. The molecular formula is C11H17NO3. The Labute approximate surface area is 89.6 Å². The molecule has 1 heterocycles. The summed E-state index contributed by atoms with van der Waals surface area (Å²) < 4.78 is 4.51. The van der Waals surface area contributed by atoms with E-state index in [-0.39, 0.29) is 13.1 Å². The number of carbonyl (C=O) groups excluding carboxylic acids is 2. The molecule has 1 saturated carbocycles. The van der Waals surface area contributed by atoms with Crippen LogP contribution in [0.2, 0.25) is 0 Å². The van der Waals surface area contributed by atoms with Gasteiger partial charge >= 0.3 is 11.9 Å². The molecular weight excluding hydrogens is 194 g/mol. The highest BCUT2D eigenvalue weighted by atomic mass is 16.6. The van der Waals surface area contributed by atoms with E-state index in [0.29, 0.717) is 12.0 Å². The molecule has 1 unspecified atom stereocenters. The SMILES string of the molecule is CC(C1CCCC1)N1CC(=O)OC(=O)C1. The maximum Gasteiger partial charge on any atom is 0.327 e. The molecule has 0 aromatic carbocycles. The van der Waals surface area contributed by atoms with Crippen molar-refractivity contribution >= 4 is 11.9 Å². The van der Waals surface area contributed by atoms with Crippen LogP contribution in [0.5, 0.6) is 0 Å². The lowest BCUT2D eigenvalue weighted by Gasteiger charge is -2.33. The van der Waals surface area contributed by atoms with E-state index in [1.54, 1.807) is 0 Å². The zero-order chi connectivity index (χ0) is 10.8. The van der Waals surface area contributed by atoms with Gasteiger partial charge in [-0.05, 0) is 25.7 Å². The Morgan fingerprint density at radius 3 is 2.27 bits per heavy atom. The molecule has 1 atom stereocenters. The van der Waals surface area contributed by atoms with Gasteiger partial charge < -0.3 is 4.74 Å². The molecule has 84 valence electrons. The van der Waals surface area contributed by atoms with Crippen molar-refractivity contribution in [3.8, 4) is 0 Å². The first kappa shape index (κ1) is 10.6. The van der Waals surface area contributed by atoms with Crippen molar-refractivity contribution in [3.05, 3.63) is 0 Å². The monoisotopic (exact) mass is 211 g/mol. The summed E-state index contributed by atoms with van der Waals surface area (Å²) in [4.78, 5) is 24.2. The summed E-state index contributed by atoms with van der Waals surface area (Å²) in [7, 11) is 0. The van der Waals surface area contributed by atoms with Gasteiger partial charge in [-0.1, -0.05) is 12.8 Å². The molecule has 2 aliphatic rings. The van der Waals surface area contributed by atoms with Crippen LogP contribution in [0.1, 0.15) is 32.6 Å². The molecule has 0 spiro atoms. The number of ether oxygens (including phenoxy) is 1. The highest BCUT2D eigenvalue weighted by Crippen LogP contribution is 2.30. The van der Waals surface area contributed by atoms with Gasteiger partial charge in [-0.25, -0.2) is 0 Å². The van der Waals surface area contributed by atoms with Crippen molar-refractivity contribution < 1.29 is 14.3 Å². The number of esters is 2. The Kier molecular flexibility index (Phi) is 3.05. The third kappa shape index (κ3) is 2.37. The van der Waals surface area contributed by atoms with Crippen molar-refractivity contribution in [2.45, 2.75) is 38.6 Å². The highest BCUT2D eigenvalue weighted by Gasteiger charge is 2.32. The third-order valence-electron chi connectivity index (χ3n) is 3.55. The van der Waals surface area contributed by atoms with Crippen LogP contribution >= 0.6 is 0 Å². The van der Waals surface area contributed by atoms with Gasteiger partial charge in [-0.2, -0.15) is 0 Å². The molecule has 0 aromatic rings. The average Bonchev–Trinajstić information content (AvgIpc) is 2.67. The second-order valence-electron chi connectivity index (χ2n) is 4.54. The first-order chi connectivity index (χ1) is 7.16. The van der Waals surface area contributed by atoms with Crippen LogP contribution in [0.4, 0.5) is 0 Å². The summed E-state index contributed by atoms with van der Waals surface area (Å²) in [6.45, 7) is 2.65. The molecule has 1 saturated heterocycles. The topological polar surface area (TPSA) is 46.6 Å². The maximum atomic E-state index is 11.1. The van der Waals surface area contributed by atoms with Gasteiger partial charge in [-0.15, -0.1) is 0 Å². The van der Waals surface area contributed by atoms with Crippen molar-refractivity contribution in [2.24, 2.45) is 5.92 Å². The van der Waals surface area contributed by atoms with Gasteiger partial charge in [0.15, 0.2) is 0 Å². The number of morpholine rings is 1. The number of rotatable bonds is 2. The minimum atomic E-state index is -0.406. The van der Waals surface area contributed by atoms with E-state index in [9.17, 15) is 9.59 Å². The Morgan fingerprint density at radius 2 is 1.73 bits per heavy atom. The molecule has 0 amide bonds. The van der Waals surface area contributed by atoms with Crippen molar-refractivity contribution in [3.63, 3.8) is 0 Å². The van der Waals surface area contributed by atoms with Gasteiger partial charge in [0, 0.05) is 6.04 Å². The van der Waals surface area contributed by atoms with E-state index in [4.69, 9.17) is 0 Å². The molecule has 2 rings (SSSR count). The Hall–Kier alpha value is -0.900. The van der Waals surface area contributed by atoms with Crippen LogP contribution in [0.15, 0.2) is 0 Å². The quantitative estimate of drug-likeness (QED) is 0.504. The second kappa shape index (κ2) is 4.31. The van der Waals surface area contributed by atoms with Crippen molar-refractivity contribution in [1.82, 2.24) is 4.90 Å². The van der Waals surface area contributed by atoms with Crippen molar-refractivity contribution in [1.29, 1.82) is 0 Å². The summed E-state index contributed by atoms with van der Waals surface area (Å²) >= 11 is 0. The van der Waals surface area contributed by atoms with Gasteiger partial charge in [0.25, 0.3) is 0 Å². The largest absolute Gasteiger partial charge is 0.391 e. The minimum absolute atomic E-state index is 0.267. The summed E-state index contributed by atoms with van der Waals surface area (Å²) in [6, 6.07) is 0.323. The number of cyclic esters (lactones) is 2. The molecule has 0 aromatic heterocycles. The van der Waals surface area contributed by atoms with Gasteiger partial charge in [-0.3, -0.25) is 14.5 Å². The number of carbonyl (C=O) groups is 2. The van der Waals surface area contributed by atoms with Gasteiger partial charge in [0.05, 0.1) is 13.1 Å². The zero-order valence-electron chi connectivity index (χ0n) is 9.07. The Balaban J connectivity index is 1.96. The molecule has 15 heavy (non-hydrogen) atoms. The fourth-order valence-corrected chi connectivity index (χ4v) is 2.60. The zero-order valence-corrected chi connectivity index (χ0v) is 9.07. The standard InChI is InChI=1S/C11H17NO3/c1-8(9-4-2-3-5-9)12-6-10(13)15-11(14)7-12/h8-9H,2-7H2,1H3. The van der Waals surface area contributed by atoms with E-state index >= 15 is 0 Å². The van der Waals surface area contributed by atoms with Crippen LogP contribution in [0, 0.1) is 5.92 Å². The number of hydrogen-bond donors (Lipinski definition) is 0. The Morgan fingerprint density at radius 1 is 1.20 bits per heavy atom. The van der Waals surface area contributed by atoms with E-state index in [1.165, 1.54) is 25.7 Å². The van der Waals surface area contributed by atoms with Crippen LogP contribution in [-0.2, 0) is 14.3 Å². The highest BCUT2D eigenvalue weighted by molar-refractivity contribution is 5.90. The number of hydrogen-bond acceptors (Lipinski definition) is 4. The van der Waals surface area contributed by atoms with Gasteiger partial charge in [0.1, 0.15) is 0 Å². The predicted molar refractivity (Wildman–Crippen MR) is 54.1 cm³/mol. The maximum absolute atomic E-state index is 11.1. The minimum Gasteiger partial charge on any atom is -0.391 e. The fraction of sp³-hybridized carbons (Fsp3) is 0.818. The van der Waals surface area contributed by atoms with Crippen LogP contribution in [0.3, 0.4) is 0 Å².